The van der Waals surface area contributed by atoms with Gasteiger partial charge in [0.15, 0.2) is 0 Å². The molecule has 0 aliphatic carbocycles. The largest absolute Gasteiger partial charge is 0.411 e. The molecule has 4 heteroatoms. The van der Waals surface area contributed by atoms with Gasteiger partial charge in [0.05, 0.1) is 19.2 Å². The quantitative estimate of drug-likeness (QED) is 0.421. The molecule has 0 saturated carbocycles. The van der Waals surface area contributed by atoms with E-state index in [1.807, 2.05) is 30.3 Å². The van der Waals surface area contributed by atoms with Crippen molar-refractivity contribution < 1.29 is 10.0 Å². The Kier molecular flexibility index (Phi) is 4.20. The molecule has 0 unspecified atom stereocenters. The minimum absolute atomic E-state index is 0.0869. The number of oxime groups is 1. The Balaban J connectivity index is 2.34. The molecule has 0 fully saturated rings. The molecule has 0 spiro atoms. The van der Waals surface area contributed by atoms with Crippen molar-refractivity contribution in [2.24, 2.45) is 5.16 Å². The van der Waals surface area contributed by atoms with Gasteiger partial charge < -0.3 is 10.5 Å². The zero-order chi connectivity index (χ0) is 10.2. The van der Waals surface area contributed by atoms with Crippen molar-refractivity contribution in [3.05, 3.63) is 35.9 Å². The highest BCUT2D eigenvalue weighted by atomic mass is 16.4. The summed E-state index contributed by atoms with van der Waals surface area (Å²) >= 11 is 0. The second-order valence-electron chi connectivity index (χ2n) is 2.76. The third kappa shape index (κ3) is 3.71. The van der Waals surface area contributed by atoms with Crippen LogP contribution >= 0.6 is 0 Å². The highest BCUT2D eigenvalue weighted by Crippen LogP contribution is 1.98. The monoisotopic (exact) mass is 192 g/mol. The lowest BCUT2D eigenvalue weighted by Gasteiger charge is -2.01. The Labute approximate surface area is 82.2 Å². The zero-order valence-corrected chi connectivity index (χ0v) is 7.68. The molecule has 0 aliphatic heterocycles. The molecular formula is C10H12N2O2. The van der Waals surface area contributed by atoms with Gasteiger partial charge in [-0.1, -0.05) is 30.3 Å². The van der Waals surface area contributed by atoms with E-state index < -0.39 is 0 Å². The fourth-order valence-electron chi connectivity index (χ4n) is 1.04. The van der Waals surface area contributed by atoms with E-state index in [0.717, 1.165) is 5.56 Å². The normalized spacial score (nSPS) is 10.3. The number of carbonyl (C=O) groups is 1. The van der Waals surface area contributed by atoms with Gasteiger partial charge in [0.2, 0.25) is 5.91 Å². The fraction of sp³-hybridized carbons (Fsp3) is 0.200. The molecule has 0 saturated heterocycles. The SMILES string of the molecule is O=C(Cc1ccccc1)NC/C=N\O. The molecule has 0 atom stereocenters. The molecule has 0 radical (unpaired) electrons. The highest BCUT2D eigenvalue weighted by molar-refractivity contribution is 5.80. The van der Waals surface area contributed by atoms with E-state index in [9.17, 15) is 4.79 Å². The Bertz CT molecular complexity index is 309. The summed E-state index contributed by atoms with van der Waals surface area (Å²) in [6.07, 6.45) is 1.57. The number of amides is 1. The molecule has 0 aromatic heterocycles. The maximum atomic E-state index is 11.2. The Hall–Kier alpha value is -1.84. The molecule has 74 valence electrons. The van der Waals surface area contributed by atoms with Crippen LogP contribution in [0.5, 0.6) is 0 Å². The van der Waals surface area contributed by atoms with Crippen molar-refractivity contribution in [1.82, 2.24) is 5.32 Å². The molecule has 0 heterocycles. The number of hydrogen-bond acceptors (Lipinski definition) is 3. The van der Waals surface area contributed by atoms with Crippen LogP contribution in [0.15, 0.2) is 35.5 Å². The van der Waals surface area contributed by atoms with Crippen LogP contribution in [0.25, 0.3) is 0 Å². The lowest BCUT2D eigenvalue weighted by atomic mass is 10.1. The fourth-order valence-corrected chi connectivity index (χ4v) is 1.04. The summed E-state index contributed by atoms with van der Waals surface area (Å²) in [5.41, 5.74) is 0.964. The third-order valence-electron chi connectivity index (χ3n) is 1.68. The van der Waals surface area contributed by atoms with Crippen molar-refractivity contribution in [1.29, 1.82) is 0 Å². The van der Waals surface area contributed by atoms with Gasteiger partial charge in [0.25, 0.3) is 0 Å². The van der Waals surface area contributed by atoms with Gasteiger partial charge in [0, 0.05) is 0 Å². The van der Waals surface area contributed by atoms with E-state index in [1.165, 1.54) is 6.21 Å². The van der Waals surface area contributed by atoms with Crippen LogP contribution in [-0.2, 0) is 11.2 Å². The van der Waals surface area contributed by atoms with Crippen molar-refractivity contribution in [3.63, 3.8) is 0 Å². The first-order valence-corrected chi connectivity index (χ1v) is 4.29. The van der Waals surface area contributed by atoms with Crippen molar-refractivity contribution in [2.45, 2.75) is 6.42 Å². The van der Waals surface area contributed by atoms with Gasteiger partial charge >= 0.3 is 0 Å². The number of carbonyl (C=O) groups excluding carboxylic acids is 1. The molecule has 2 N–H and O–H groups in total. The van der Waals surface area contributed by atoms with E-state index in [4.69, 9.17) is 5.21 Å². The average molecular weight is 192 g/mol. The Morgan fingerprint density at radius 3 is 2.79 bits per heavy atom. The zero-order valence-electron chi connectivity index (χ0n) is 7.68. The molecule has 4 nitrogen and oxygen atoms in total. The summed E-state index contributed by atoms with van der Waals surface area (Å²) in [4.78, 5) is 11.2. The summed E-state index contributed by atoms with van der Waals surface area (Å²) in [5.74, 6) is -0.0869. The van der Waals surface area contributed by atoms with Crippen molar-refractivity contribution >= 4 is 12.1 Å². The predicted octanol–water partition coefficient (Wildman–Crippen LogP) is 0.805. The minimum Gasteiger partial charge on any atom is -0.411 e. The van der Waals surface area contributed by atoms with E-state index >= 15 is 0 Å². The second-order valence-corrected chi connectivity index (χ2v) is 2.76. The Morgan fingerprint density at radius 1 is 1.43 bits per heavy atom. The minimum atomic E-state index is -0.0869. The topological polar surface area (TPSA) is 61.7 Å². The number of benzene rings is 1. The Morgan fingerprint density at radius 2 is 2.14 bits per heavy atom. The molecule has 14 heavy (non-hydrogen) atoms. The molecule has 1 rings (SSSR count). The van der Waals surface area contributed by atoms with Crippen LogP contribution in [0.2, 0.25) is 0 Å². The number of rotatable bonds is 4. The van der Waals surface area contributed by atoms with Crippen LogP contribution in [-0.4, -0.2) is 23.9 Å². The number of nitrogens with zero attached hydrogens (tertiary/aromatic N) is 1. The van der Waals surface area contributed by atoms with Crippen LogP contribution in [0.4, 0.5) is 0 Å². The first kappa shape index (κ1) is 10.2. The summed E-state index contributed by atoms with van der Waals surface area (Å²) in [5, 5.41) is 13.4. The lowest BCUT2D eigenvalue weighted by Crippen LogP contribution is -2.26. The maximum Gasteiger partial charge on any atom is 0.224 e. The third-order valence-corrected chi connectivity index (χ3v) is 1.68. The summed E-state index contributed by atoms with van der Waals surface area (Å²) in [7, 11) is 0. The van der Waals surface area contributed by atoms with Crippen molar-refractivity contribution in [2.75, 3.05) is 6.54 Å². The summed E-state index contributed by atoms with van der Waals surface area (Å²) in [6.45, 7) is 0.252. The van der Waals surface area contributed by atoms with Gasteiger partial charge in [-0.05, 0) is 5.56 Å². The molecule has 1 aromatic carbocycles. The number of hydrogen-bond donors (Lipinski definition) is 2. The second kappa shape index (κ2) is 5.75. The van der Waals surface area contributed by atoms with E-state index in [1.54, 1.807) is 0 Å². The first-order chi connectivity index (χ1) is 6.83. The molecule has 1 aromatic rings. The van der Waals surface area contributed by atoms with Crippen LogP contribution in [0.1, 0.15) is 5.56 Å². The van der Waals surface area contributed by atoms with E-state index in [0.29, 0.717) is 6.42 Å². The summed E-state index contributed by atoms with van der Waals surface area (Å²) < 4.78 is 0. The van der Waals surface area contributed by atoms with Gasteiger partial charge in [-0.25, -0.2) is 0 Å². The van der Waals surface area contributed by atoms with Gasteiger partial charge in [0.1, 0.15) is 0 Å². The van der Waals surface area contributed by atoms with Gasteiger partial charge in [-0.3, -0.25) is 4.79 Å². The lowest BCUT2D eigenvalue weighted by molar-refractivity contribution is -0.120. The van der Waals surface area contributed by atoms with Gasteiger partial charge in [-0.2, -0.15) is 0 Å². The summed E-state index contributed by atoms with van der Waals surface area (Å²) in [6, 6.07) is 9.45. The van der Waals surface area contributed by atoms with Crippen molar-refractivity contribution in [3.8, 4) is 0 Å². The van der Waals surface area contributed by atoms with Gasteiger partial charge in [-0.15, -0.1) is 5.16 Å². The van der Waals surface area contributed by atoms with Crippen LogP contribution in [0, 0.1) is 0 Å². The molecule has 0 aliphatic rings. The number of nitrogens with one attached hydrogen (secondary N) is 1. The van der Waals surface area contributed by atoms with E-state index in [-0.39, 0.29) is 12.5 Å². The van der Waals surface area contributed by atoms with Crippen LogP contribution < -0.4 is 5.32 Å². The average Bonchev–Trinajstić information content (AvgIpc) is 2.20. The molecular weight excluding hydrogens is 180 g/mol. The highest BCUT2D eigenvalue weighted by Gasteiger charge is 2.00. The smallest absolute Gasteiger partial charge is 0.224 e. The molecule has 1 amide bonds. The molecule has 0 bridgehead atoms. The van der Waals surface area contributed by atoms with Crippen LogP contribution in [0.3, 0.4) is 0 Å². The predicted molar refractivity (Wildman–Crippen MR) is 53.4 cm³/mol. The van der Waals surface area contributed by atoms with E-state index in [2.05, 4.69) is 10.5 Å². The first-order valence-electron chi connectivity index (χ1n) is 4.29. The standard InChI is InChI=1S/C10H12N2O2/c13-10(11-6-7-12-14)8-9-4-2-1-3-5-9/h1-5,7,14H,6,8H2,(H,11,13)/b12-7-. The maximum absolute atomic E-state index is 11.2.